The summed E-state index contributed by atoms with van der Waals surface area (Å²) in [5, 5.41) is 2.92. The second kappa shape index (κ2) is 6.91. The number of nitrogens with zero attached hydrogens (tertiary/aromatic N) is 1. The van der Waals surface area contributed by atoms with Gasteiger partial charge in [0, 0.05) is 30.4 Å². The first kappa shape index (κ1) is 16.3. The van der Waals surface area contributed by atoms with Crippen LogP contribution >= 0.6 is 0 Å². The molecule has 1 amide bonds. The van der Waals surface area contributed by atoms with E-state index in [4.69, 9.17) is 0 Å². The fourth-order valence-electron chi connectivity index (χ4n) is 3.30. The molecule has 1 aromatic rings. The largest absolute Gasteiger partial charge is 0.372 e. The molecule has 0 saturated carbocycles. The van der Waals surface area contributed by atoms with Gasteiger partial charge < -0.3 is 10.2 Å². The first-order valence-corrected chi connectivity index (χ1v) is 10.2. The fourth-order valence-corrected chi connectivity index (χ4v) is 4.80. The number of hydrogen-bond acceptors (Lipinski definition) is 4. The zero-order valence-electron chi connectivity index (χ0n) is 13.3. The lowest BCUT2D eigenvalue weighted by Crippen LogP contribution is -2.32. The van der Waals surface area contributed by atoms with Crippen molar-refractivity contribution >= 4 is 27.1 Å². The van der Waals surface area contributed by atoms with Gasteiger partial charge in [-0.3, -0.25) is 4.79 Å². The predicted molar refractivity (Wildman–Crippen MR) is 92.5 cm³/mol. The lowest BCUT2D eigenvalue weighted by Gasteiger charge is -2.29. The van der Waals surface area contributed by atoms with Gasteiger partial charge in [0.1, 0.15) is 9.84 Å². The Morgan fingerprint density at radius 2 is 1.61 bits per heavy atom. The fraction of sp³-hybridized carbons (Fsp3) is 0.588. The molecule has 2 heterocycles. The third kappa shape index (κ3) is 4.25. The van der Waals surface area contributed by atoms with Crippen LogP contribution in [0.4, 0.5) is 11.4 Å². The van der Waals surface area contributed by atoms with E-state index >= 15 is 0 Å². The molecule has 2 aliphatic rings. The Kier molecular flexibility index (Phi) is 4.90. The molecular formula is C17H24N2O3S. The highest BCUT2D eigenvalue weighted by Gasteiger charge is 2.28. The van der Waals surface area contributed by atoms with Crippen molar-refractivity contribution in [3.8, 4) is 0 Å². The summed E-state index contributed by atoms with van der Waals surface area (Å²) in [5.74, 6) is -0.0104. The number of benzene rings is 1. The summed E-state index contributed by atoms with van der Waals surface area (Å²) in [7, 11) is -2.93. The van der Waals surface area contributed by atoms with Crippen LogP contribution in [0.25, 0.3) is 0 Å². The third-order valence-electron chi connectivity index (χ3n) is 4.78. The van der Waals surface area contributed by atoms with Gasteiger partial charge >= 0.3 is 0 Å². The van der Waals surface area contributed by atoms with Gasteiger partial charge in [0.25, 0.3) is 0 Å². The number of sulfone groups is 1. The smallest absolute Gasteiger partial charge is 0.227 e. The van der Waals surface area contributed by atoms with Crippen LogP contribution in [-0.2, 0) is 14.6 Å². The molecule has 0 unspecified atom stereocenters. The number of hydrogen-bond donors (Lipinski definition) is 1. The van der Waals surface area contributed by atoms with Crippen LogP contribution in [0.5, 0.6) is 0 Å². The lowest BCUT2D eigenvalue weighted by molar-refractivity contribution is -0.120. The highest BCUT2D eigenvalue weighted by Crippen LogP contribution is 2.24. The number of carbonyl (C=O) groups is 1. The molecular weight excluding hydrogens is 312 g/mol. The van der Waals surface area contributed by atoms with Gasteiger partial charge in [-0.15, -0.1) is 0 Å². The van der Waals surface area contributed by atoms with E-state index in [1.165, 1.54) is 24.9 Å². The molecule has 3 rings (SSSR count). The van der Waals surface area contributed by atoms with Gasteiger partial charge in [0.05, 0.1) is 11.5 Å². The maximum Gasteiger partial charge on any atom is 0.227 e. The van der Waals surface area contributed by atoms with Crippen molar-refractivity contribution in [3.63, 3.8) is 0 Å². The van der Waals surface area contributed by atoms with Crippen LogP contribution in [0.1, 0.15) is 32.1 Å². The lowest BCUT2D eigenvalue weighted by atomic mass is 10.0. The van der Waals surface area contributed by atoms with Crippen LogP contribution in [-0.4, -0.2) is 38.9 Å². The number of piperidine rings is 1. The van der Waals surface area contributed by atoms with Crippen molar-refractivity contribution in [1.82, 2.24) is 0 Å². The molecule has 1 N–H and O–H groups in total. The monoisotopic (exact) mass is 336 g/mol. The first-order chi connectivity index (χ1) is 11.0. The van der Waals surface area contributed by atoms with Gasteiger partial charge in [0.15, 0.2) is 0 Å². The molecule has 0 aromatic heterocycles. The molecule has 126 valence electrons. The van der Waals surface area contributed by atoms with Gasteiger partial charge in [0.2, 0.25) is 5.91 Å². The van der Waals surface area contributed by atoms with Gasteiger partial charge in [-0.1, -0.05) is 0 Å². The maximum absolute atomic E-state index is 12.2. The molecule has 0 radical (unpaired) electrons. The summed E-state index contributed by atoms with van der Waals surface area (Å²) in [6, 6.07) is 7.96. The van der Waals surface area contributed by atoms with Crippen LogP contribution < -0.4 is 10.2 Å². The van der Waals surface area contributed by atoms with Crippen molar-refractivity contribution < 1.29 is 13.2 Å². The minimum absolute atomic E-state index is 0.0642. The molecule has 23 heavy (non-hydrogen) atoms. The zero-order valence-corrected chi connectivity index (χ0v) is 14.1. The Balaban J connectivity index is 1.56. The third-order valence-corrected chi connectivity index (χ3v) is 6.50. The summed E-state index contributed by atoms with van der Waals surface area (Å²) in [5.41, 5.74) is 1.98. The minimum atomic E-state index is -2.93. The van der Waals surface area contributed by atoms with E-state index in [1.807, 2.05) is 24.3 Å². The van der Waals surface area contributed by atoms with E-state index in [2.05, 4.69) is 10.2 Å². The summed E-state index contributed by atoms with van der Waals surface area (Å²) >= 11 is 0. The van der Waals surface area contributed by atoms with E-state index < -0.39 is 9.84 Å². The number of nitrogens with one attached hydrogen (secondary N) is 1. The number of carbonyl (C=O) groups excluding carboxylic acids is 1. The van der Waals surface area contributed by atoms with Gasteiger partial charge in [-0.05, 0) is 56.4 Å². The molecule has 0 atom stereocenters. The second-order valence-corrected chi connectivity index (χ2v) is 8.81. The predicted octanol–water partition coefficient (Wildman–Crippen LogP) is 2.44. The Hall–Kier alpha value is -1.56. The number of rotatable bonds is 3. The van der Waals surface area contributed by atoms with E-state index in [0.29, 0.717) is 12.8 Å². The Morgan fingerprint density at radius 1 is 1.00 bits per heavy atom. The first-order valence-electron chi connectivity index (χ1n) is 8.40. The van der Waals surface area contributed by atoms with Crippen LogP contribution in [0.3, 0.4) is 0 Å². The summed E-state index contributed by atoms with van der Waals surface area (Å²) in [6.07, 6.45) is 4.65. The van der Waals surface area contributed by atoms with Crippen LogP contribution in [0, 0.1) is 5.92 Å². The molecule has 2 fully saturated rings. The Morgan fingerprint density at radius 3 is 2.22 bits per heavy atom. The van der Waals surface area contributed by atoms with Gasteiger partial charge in [-0.2, -0.15) is 0 Å². The summed E-state index contributed by atoms with van der Waals surface area (Å²) < 4.78 is 22.9. The van der Waals surface area contributed by atoms with Crippen molar-refractivity contribution in [1.29, 1.82) is 0 Å². The van der Waals surface area contributed by atoms with Gasteiger partial charge in [-0.25, -0.2) is 8.42 Å². The SMILES string of the molecule is O=C(Nc1ccc(N2CCCCC2)cc1)C1CCS(=O)(=O)CC1. The maximum atomic E-state index is 12.2. The van der Waals surface area contributed by atoms with Crippen molar-refractivity contribution in [3.05, 3.63) is 24.3 Å². The quantitative estimate of drug-likeness (QED) is 0.921. The highest BCUT2D eigenvalue weighted by molar-refractivity contribution is 7.91. The topological polar surface area (TPSA) is 66.5 Å². The number of anilines is 2. The van der Waals surface area contributed by atoms with Crippen LogP contribution in [0.15, 0.2) is 24.3 Å². The Labute approximate surface area is 138 Å². The van der Waals surface area contributed by atoms with E-state index in [-0.39, 0.29) is 23.3 Å². The molecule has 0 spiro atoms. The Bertz CT molecular complexity index is 635. The number of amides is 1. The molecule has 6 heteroatoms. The molecule has 5 nitrogen and oxygen atoms in total. The second-order valence-electron chi connectivity index (χ2n) is 6.51. The minimum Gasteiger partial charge on any atom is -0.372 e. The van der Waals surface area contributed by atoms with E-state index in [1.54, 1.807) is 0 Å². The van der Waals surface area contributed by atoms with Crippen molar-refractivity contribution in [2.75, 3.05) is 34.8 Å². The zero-order chi connectivity index (χ0) is 16.3. The molecule has 0 aliphatic carbocycles. The molecule has 2 aliphatic heterocycles. The van der Waals surface area contributed by atoms with E-state index in [0.717, 1.165) is 18.8 Å². The average molecular weight is 336 g/mol. The normalized spacial score (nSPS) is 21.8. The van der Waals surface area contributed by atoms with Crippen LogP contribution in [0.2, 0.25) is 0 Å². The van der Waals surface area contributed by atoms with E-state index in [9.17, 15) is 13.2 Å². The molecule has 0 bridgehead atoms. The summed E-state index contributed by atoms with van der Waals surface area (Å²) in [4.78, 5) is 14.6. The standard InChI is InChI=1S/C17H24N2O3S/c20-17(14-8-12-23(21,22)13-9-14)18-15-4-6-16(7-5-15)19-10-2-1-3-11-19/h4-7,14H,1-3,8-13H2,(H,18,20). The summed E-state index contributed by atoms with van der Waals surface area (Å²) in [6.45, 7) is 2.20. The highest BCUT2D eigenvalue weighted by atomic mass is 32.2. The molecule has 2 saturated heterocycles. The van der Waals surface area contributed by atoms with Crippen molar-refractivity contribution in [2.24, 2.45) is 5.92 Å². The van der Waals surface area contributed by atoms with Crippen molar-refractivity contribution in [2.45, 2.75) is 32.1 Å². The average Bonchev–Trinajstić information content (AvgIpc) is 2.56. The molecule has 1 aromatic carbocycles.